The van der Waals surface area contributed by atoms with Crippen molar-refractivity contribution in [2.75, 3.05) is 6.54 Å². The number of nitrogens with zero attached hydrogens (tertiary/aromatic N) is 3. The van der Waals surface area contributed by atoms with Gasteiger partial charge in [0.2, 0.25) is 0 Å². The van der Waals surface area contributed by atoms with Crippen LogP contribution >= 0.6 is 0 Å². The van der Waals surface area contributed by atoms with Gasteiger partial charge in [-0.2, -0.15) is 0 Å². The molecule has 0 unspecified atom stereocenters. The largest absolute Gasteiger partial charge is 0.508 e. The fraction of sp³-hybridized carbons (Fsp3) is 0.391. The fourth-order valence-corrected chi connectivity index (χ4v) is 3.35. The number of nitrogens with one attached hydrogen (secondary N) is 1. The van der Waals surface area contributed by atoms with E-state index in [0.717, 1.165) is 25.1 Å². The van der Waals surface area contributed by atoms with Crippen molar-refractivity contribution in [3.8, 4) is 28.9 Å². The molecule has 0 amide bonds. The van der Waals surface area contributed by atoms with Crippen LogP contribution in [0.15, 0.2) is 36.4 Å². The molecule has 0 atom stereocenters. The average Bonchev–Trinajstić information content (AvgIpc) is 3.06. The van der Waals surface area contributed by atoms with E-state index in [1.54, 1.807) is 10.6 Å². The Hall–Kier alpha value is -3.06. The standard InChI is InChI=1S/C23H30N4O3/c1-4-5-10-24-13-16-6-8-17(9-7-16)14-27-22(25-26-23(27)30)19-11-18(15(2)3)20(28)12-21(19)29/h6-9,11-12,15,24,28-29H,4-5,10,13-14H2,1-3H3,(H,26,30). The quantitative estimate of drug-likeness (QED) is 0.396. The van der Waals surface area contributed by atoms with E-state index in [4.69, 9.17) is 0 Å². The molecule has 0 fully saturated rings. The van der Waals surface area contributed by atoms with Crippen LogP contribution in [0.3, 0.4) is 0 Å². The lowest BCUT2D eigenvalue weighted by molar-refractivity contribution is 0.404. The first-order valence-electron chi connectivity index (χ1n) is 10.4. The van der Waals surface area contributed by atoms with Crippen molar-refractivity contribution in [1.29, 1.82) is 0 Å². The number of aromatic nitrogens is 3. The van der Waals surface area contributed by atoms with E-state index in [1.165, 1.54) is 18.1 Å². The van der Waals surface area contributed by atoms with Gasteiger partial charge in [0, 0.05) is 12.6 Å². The zero-order valence-corrected chi connectivity index (χ0v) is 17.8. The molecule has 160 valence electrons. The molecule has 0 aliphatic heterocycles. The van der Waals surface area contributed by atoms with E-state index in [2.05, 4.69) is 34.6 Å². The first kappa shape index (κ1) is 21.6. The molecule has 7 nitrogen and oxygen atoms in total. The first-order chi connectivity index (χ1) is 14.4. The Kier molecular flexibility index (Phi) is 6.95. The molecule has 0 aliphatic carbocycles. The van der Waals surface area contributed by atoms with Gasteiger partial charge in [-0.15, -0.1) is 5.10 Å². The molecule has 3 rings (SSSR count). The molecule has 0 radical (unpaired) electrons. The van der Waals surface area contributed by atoms with Gasteiger partial charge in [-0.3, -0.25) is 4.57 Å². The number of aromatic hydroxyl groups is 3. The van der Waals surface area contributed by atoms with Crippen LogP contribution in [0.4, 0.5) is 0 Å². The normalized spacial score (nSPS) is 11.3. The Morgan fingerprint density at radius 2 is 1.67 bits per heavy atom. The molecule has 7 heteroatoms. The Morgan fingerprint density at radius 3 is 2.33 bits per heavy atom. The van der Waals surface area contributed by atoms with Crippen molar-refractivity contribution >= 4 is 0 Å². The van der Waals surface area contributed by atoms with Crippen molar-refractivity contribution in [3.63, 3.8) is 0 Å². The molecular weight excluding hydrogens is 380 g/mol. The summed E-state index contributed by atoms with van der Waals surface area (Å²) in [6.45, 7) is 8.27. The first-order valence-corrected chi connectivity index (χ1v) is 10.4. The number of phenols is 2. The van der Waals surface area contributed by atoms with E-state index in [1.807, 2.05) is 26.0 Å². The number of rotatable bonds is 9. The second kappa shape index (κ2) is 9.63. The summed E-state index contributed by atoms with van der Waals surface area (Å²) in [5.74, 6) is 0.328. The van der Waals surface area contributed by atoms with Crippen molar-refractivity contribution in [2.24, 2.45) is 0 Å². The highest BCUT2D eigenvalue weighted by molar-refractivity contribution is 5.68. The topological polar surface area (TPSA) is 103 Å². The molecule has 0 aliphatic rings. The van der Waals surface area contributed by atoms with Crippen LogP contribution in [0.25, 0.3) is 11.4 Å². The minimum Gasteiger partial charge on any atom is -0.508 e. The Bertz CT molecular complexity index is 981. The highest BCUT2D eigenvalue weighted by atomic mass is 16.3. The van der Waals surface area contributed by atoms with Gasteiger partial charge in [0.25, 0.3) is 0 Å². The maximum atomic E-state index is 10.4. The van der Waals surface area contributed by atoms with Gasteiger partial charge >= 0.3 is 6.01 Å². The van der Waals surface area contributed by atoms with Crippen LogP contribution in [-0.4, -0.2) is 36.6 Å². The molecule has 30 heavy (non-hydrogen) atoms. The Balaban J connectivity index is 1.83. The SMILES string of the molecule is CCCCNCc1ccc(Cn2c(O)nnc2-c2cc(C(C)C)c(O)cc2O)cc1. The van der Waals surface area contributed by atoms with Crippen LogP contribution in [0.5, 0.6) is 17.5 Å². The summed E-state index contributed by atoms with van der Waals surface area (Å²) in [6, 6.07) is 10.9. The lowest BCUT2D eigenvalue weighted by Crippen LogP contribution is -2.14. The number of hydrogen-bond donors (Lipinski definition) is 4. The summed E-state index contributed by atoms with van der Waals surface area (Å²) in [5, 5.41) is 42.0. The molecule has 3 aromatic rings. The molecule has 2 aromatic carbocycles. The number of hydrogen-bond acceptors (Lipinski definition) is 6. The molecule has 0 spiro atoms. The Morgan fingerprint density at radius 1 is 0.967 bits per heavy atom. The fourth-order valence-electron chi connectivity index (χ4n) is 3.35. The van der Waals surface area contributed by atoms with E-state index < -0.39 is 0 Å². The number of phenolic OH excluding ortho intramolecular Hbond substituents is 2. The summed E-state index contributed by atoms with van der Waals surface area (Å²) < 4.78 is 1.55. The van der Waals surface area contributed by atoms with Gasteiger partial charge in [0.1, 0.15) is 11.5 Å². The maximum absolute atomic E-state index is 10.4. The highest BCUT2D eigenvalue weighted by Gasteiger charge is 2.20. The minimum absolute atomic E-state index is 0.0321. The van der Waals surface area contributed by atoms with E-state index >= 15 is 0 Å². The molecule has 0 saturated heterocycles. The predicted octanol–water partition coefficient (Wildman–Crippen LogP) is 4.12. The summed E-state index contributed by atoms with van der Waals surface area (Å²) >= 11 is 0. The Labute approximate surface area is 177 Å². The monoisotopic (exact) mass is 410 g/mol. The highest BCUT2D eigenvalue weighted by Crippen LogP contribution is 2.38. The smallest absolute Gasteiger partial charge is 0.315 e. The van der Waals surface area contributed by atoms with Crippen molar-refractivity contribution in [1.82, 2.24) is 20.1 Å². The number of unbranched alkanes of at least 4 members (excludes halogenated alkanes) is 1. The van der Waals surface area contributed by atoms with Crippen molar-refractivity contribution in [2.45, 2.75) is 52.6 Å². The molecule has 4 N–H and O–H groups in total. The van der Waals surface area contributed by atoms with Gasteiger partial charge in [0.15, 0.2) is 5.82 Å². The summed E-state index contributed by atoms with van der Waals surface area (Å²) in [7, 11) is 0. The van der Waals surface area contributed by atoms with Crippen LogP contribution in [0, 0.1) is 0 Å². The van der Waals surface area contributed by atoms with Crippen LogP contribution in [0.2, 0.25) is 0 Å². The average molecular weight is 411 g/mol. The van der Waals surface area contributed by atoms with Crippen molar-refractivity contribution in [3.05, 3.63) is 53.1 Å². The second-order valence-electron chi connectivity index (χ2n) is 7.84. The van der Waals surface area contributed by atoms with E-state index in [0.29, 0.717) is 23.5 Å². The van der Waals surface area contributed by atoms with Crippen LogP contribution in [0.1, 0.15) is 56.2 Å². The van der Waals surface area contributed by atoms with Gasteiger partial charge in [-0.05, 0) is 41.6 Å². The maximum Gasteiger partial charge on any atom is 0.315 e. The molecule has 1 heterocycles. The summed E-state index contributed by atoms with van der Waals surface area (Å²) in [6.07, 6.45) is 2.34. The van der Waals surface area contributed by atoms with Gasteiger partial charge in [-0.1, -0.05) is 56.6 Å². The lowest BCUT2D eigenvalue weighted by Gasteiger charge is -2.14. The van der Waals surface area contributed by atoms with Gasteiger partial charge in [-0.25, -0.2) is 0 Å². The zero-order valence-electron chi connectivity index (χ0n) is 17.8. The van der Waals surface area contributed by atoms with Crippen LogP contribution < -0.4 is 5.32 Å². The van der Waals surface area contributed by atoms with E-state index in [9.17, 15) is 15.3 Å². The lowest BCUT2D eigenvalue weighted by atomic mass is 9.98. The minimum atomic E-state index is -0.228. The molecule has 0 bridgehead atoms. The predicted molar refractivity (Wildman–Crippen MR) is 117 cm³/mol. The summed E-state index contributed by atoms with van der Waals surface area (Å²) in [5.41, 5.74) is 3.28. The molecule has 1 aromatic heterocycles. The third-order valence-electron chi connectivity index (χ3n) is 5.14. The third-order valence-corrected chi connectivity index (χ3v) is 5.14. The van der Waals surface area contributed by atoms with E-state index in [-0.39, 0.29) is 23.4 Å². The van der Waals surface area contributed by atoms with Gasteiger partial charge in [0.05, 0.1) is 12.1 Å². The summed E-state index contributed by atoms with van der Waals surface area (Å²) in [4.78, 5) is 0. The molecular formula is C23H30N4O3. The van der Waals surface area contributed by atoms with Crippen molar-refractivity contribution < 1.29 is 15.3 Å². The van der Waals surface area contributed by atoms with Crippen LogP contribution in [-0.2, 0) is 13.1 Å². The third kappa shape index (κ3) is 4.91. The van der Waals surface area contributed by atoms with Gasteiger partial charge < -0.3 is 20.6 Å². The number of benzene rings is 2. The zero-order chi connectivity index (χ0) is 21.7. The molecule has 0 saturated carbocycles. The second-order valence-corrected chi connectivity index (χ2v) is 7.84.